The van der Waals surface area contributed by atoms with Crippen molar-refractivity contribution in [2.45, 2.75) is 26.2 Å². The summed E-state index contributed by atoms with van der Waals surface area (Å²) in [7, 11) is 0. The van der Waals surface area contributed by atoms with Gasteiger partial charge < -0.3 is 10.7 Å². The molecule has 1 aromatic heterocycles. The van der Waals surface area contributed by atoms with Gasteiger partial charge in [0.25, 0.3) is 0 Å². The van der Waals surface area contributed by atoms with Gasteiger partial charge in [-0.2, -0.15) is 0 Å². The van der Waals surface area contributed by atoms with Gasteiger partial charge in [-0.05, 0) is 28.9 Å². The van der Waals surface area contributed by atoms with E-state index in [4.69, 9.17) is 5.73 Å². The first kappa shape index (κ1) is 9.74. The molecule has 0 aromatic carbocycles. The van der Waals surface area contributed by atoms with Crippen molar-refractivity contribution in [3.8, 4) is 0 Å². The number of H-pyrrole nitrogens is 1. The van der Waals surface area contributed by atoms with Gasteiger partial charge in [0.15, 0.2) is 4.73 Å². The Morgan fingerprint density at radius 3 is 2.83 bits per heavy atom. The highest BCUT2D eigenvalue weighted by Gasteiger charge is 2.06. The summed E-state index contributed by atoms with van der Waals surface area (Å²) in [6, 6.07) is 0. The Balaban J connectivity index is 2.76. The van der Waals surface area contributed by atoms with Gasteiger partial charge >= 0.3 is 0 Å². The molecule has 12 heavy (non-hydrogen) atoms. The van der Waals surface area contributed by atoms with Crippen LogP contribution in [0.2, 0.25) is 0 Å². The fourth-order valence-electron chi connectivity index (χ4n) is 1.21. The molecule has 0 amide bonds. The monoisotopic (exact) mass is 231 g/mol. The quantitative estimate of drug-likeness (QED) is 0.828. The number of hydrogen-bond donors (Lipinski definition) is 2. The van der Waals surface area contributed by atoms with Crippen LogP contribution in [0.5, 0.6) is 0 Å². The van der Waals surface area contributed by atoms with Gasteiger partial charge in [0, 0.05) is 12.1 Å². The SMILES string of the molecule is CCCc1[nH]c(Br)nc1CCN. The topological polar surface area (TPSA) is 54.7 Å². The first-order valence-corrected chi connectivity index (χ1v) is 5.00. The second-order valence-electron chi connectivity index (χ2n) is 2.74. The summed E-state index contributed by atoms with van der Waals surface area (Å²) in [6.07, 6.45) is 3.04. The van der Waals surface area contributed by atoms with Crippen LogP contribution in [0.3, 0.4) is 0 Å². The molecule has 4 heteroatoms. The molecular formula is C8H14BrN3. The van der Waals surface area contributed by atoms with E-state index >= 15 is 0 Å². The molecule has 3 nitrogen and oxygen atoms in total. The summed E-state index contributed by atoms with van der Waals surface area (Å²) in [5, 5.41) is 0. The van der Waals surface area contributed by atoms with Crippen LogP contribution in [0.15, 0.2) is 4.73 Å². The maximum absolute atomic E-state index is 5.47. The van der Waals surface area contributed by atoms with Crippen molar-refractivity contribution >= 4 is 15.9 Å². The number of nitrogens with two attached hydrogens (primary N) is 1. The lowest BCUT2D eigenvalue weighted by Crippen LogP contribution is -2.05. The maximum atomic E-state index is 5.47. The van der Waals surface area contributed by atoms with Crippen molar-refractivity contribution in [3.63, 3.8) is 0 Å². The average Bonchev–Trinajstić information content (AvgIpc) is 2.33. The van der Waals surface area contributed by atoms with Crippen LogP contribution < -0.4 is 5.73 Å². The third kappa shape index (κ3) is 2.32. The molecule has 68 valence electrons. The number of rotatable bonds is 4. The molecule has 0 fully saturated rings. The minimum absolute atomic E-state index is 0.661. The number of imidazole rings is 1. The van der Waals surface area contributed by atoms with Gasteiger partial charge in [0.05, 0.1) is 5.69 Å². The zero-order valence-corrected chi connectivity index (χ0v) is 8.82. The molecule has 1 rings (SSSR count). The molecule has 1 heterocycles. The number of nitrogens with zero attached hydrogens (tertiary/aromatic N) is 1. The Bertz CT molecular complexity index is 221. The summed E-state index contributed by atoms with van der Waals surface area (Å²) in [4.78, 5) is 7.48. The van der Waals surface area contributed by atoms with E-state index in [-0.39, 0.29) is 0 Å². The number of nitrogens with one attached hydrogen (secondary N) is 1. The fourth-order valence-corrected chi connectivity index (χ4v) is 1.66. The van der Waals surface area contributed by atoms with Crippen LogP contribution >= 0.6 is 15.9 Å². The van der Waals surface area contributed by atoms with Crippen molar-refractivity contribution < 1.29 is 0 Å². The predicted octanol–water partition coefficient (Wildman–Crippen LogP) is 1.63. The minimum atomic E-state index is 0.661. The first-order chi connectivity index (χ1) is 5.77. The second-order valence-corrected chi connectivity index (χ2v) is 3.49. The largest absolute Gasteiger partial charge is 0.336 e. The Hall–Kier alpha value is -0.350. The van der Waals surface area contributed by atoms with E-state index in [0.29, 0.717) is 6.54 Å². The smallest absolute Gasteiger partial charge is 0.174 e. The molecule has 3 N–H and O–H groups in total. The zero-order valence-electron chi connectivity index (χ0n) is 7.23. The minimum Gasteiger partial charge on any atom is -0.336 e. The molecule has 0 bridgehead atoms. The van der Waals surface area contributed by atoms with E-state index < -0.39 is 0 Å². The average molecular weight is 232 g/mol. The summed E-state index contributed by atoms with van der Waals surface area (Å²) in [5.41, 5.74) is 7.79. The molecule has 0 saturated carbocycles. The molecule has 1 aromatic rings. The third-order valence-corrected chi connectivity index (χ3v) is 2.09. The van der Waals surface area contributed by atoms with Crippen LogP contribution in [0, 0.1) is 0 Å². The number of aromatic amines is 1. The molecule has 0 unspecified atom stereocenters. The van der Waals surface area contributed by atoms with Gasteiger partial charge in [0.1, 0.15) is 0 Å². The van der Waals surface area contributed by atoms with Crippen LogP contribution in [0.1, 0.15) is 24.7 Å². The van der Waals surface area contributed by atoms with Crippen molar-refractivity contribution in [1.29, 1.82) is 0 Å². The Morgan fingerprint density at radius 1 is 1.50 bits per heavy atom. The first-order valence-electron chi connectivity index (χ1n) is 4.21. The Kier molecular flexibility index (Phi) is 3.75. The van der Waals surface area contributed by atoms with Gasteiger partial charge in [-0.25, -0.2) is 4.98 Å². The summed E-state index contributed by atoms with van der Waals surface area (Å²) >= 11 is 3.32. The third-order valence-electron chi connectivity index (χ3n) is 1.72. The highest BCUT2D eigenvalue weighted by atomic mass is 79.9. The van der Waals surface area contributed by atoms with E-state index in [1.54, 1.807) is 0 Å². The summed E-state index contributed by atoms with van der Waals surface area (Å²) < 4.78 is 0.814. The van der Waals surface area contributed by atoms with E-state index in [0.717, 1.165) is 29.7 Å². The molecule has 0 saturated heterocycles. The van der Waals surface area contributed by atoms with Crippen LogP contribution in [-0.2, 0) is 12.8 Å². The van der Waals surface area contributed by atoms with E-state index in [9.17, 15) is 0 Å². The summed E-state index contributed by atoms with van der Waals surface area (Å²) in [6.45, 7) is 2.81. The maximum Gasteiger partial charge on any atom is 0.174 e. The molecule has 0 aliphatic carbocycles. The standard InChI is InChI=1S/C8H14BrN3/c1-2-3-6-7(4-5-10)12-8(9)11-6/h2-5,10H2,1H3,(H,11,12). The number of aromatic nitrogens is 2. The van der Waals surface area contributed by atoms with E-state index in [1.165, 1.54) is 5.69 Å². The molecule has 0 radical (unpaired) electrons. The molecule has 0 aliphatic heterocycles. The molecule has 0 aliphatic rings. The molecular weight excluding hydrogens is 218 g/mol. The van der Waals surface area contributed by atoms with Crippen molar-refractivity contribution in [2.75, 3.05) is 6.54 Å². The lowest BCUT2D eigenvalue weighted by atomic mass is 10.2. The van der Waals surface area contributed by atoms with Crippen molar-refractivity contribution in [2.24, 2.45) is 5.73 Å². The Labute approximate surface area is 80.9 Å². The normalized spacial score (nSPS) is 10.6. The van der Waals surface area contributed by atoms with Crippen molar-refractivity contribution in [3.05, 3.63) is 16.1 Å². The zero-order chi connectivity index (χ0) is 8.97. The number of hydrogen-bond acceptors (Lipinski definition) is 2. The number of aryl methyl sites for hydroxylation is 1. The predicted molar refractivity (Wildman–Crippen MR) is 53.0 cm³/mol. The number of halogens is 1. The van der Waals surface area contributed by atoms with E-state index in [2.05, 4.69) is 32.8 Å². The van der Waals surface area contributed by atoms with Gasteiger partial charge in [-0.1, -0.05) is 13.3 Å². The van der Waals surface area contributed by atoms with Gasteiger partial charge in [0.2, 0.25) is 0 Å². The second kappa shape index (κ2) is 4.62. The van der Waals surface area contributed by atoms with Crippen molar-refractivity contribution in [1.82, 2.24) is 9.97 Å². The van der Waals surface area contributed by atoms with Gasteiger partial charge in [-0.15, -0.1) is 0 Å². The highest BCUT2D eigenvalue weighted by molar-refractivity contribution is 9.10. The van der Waals surface area contributed by atoms with Crippen LogP contribution in [0.4, 0.5) is 0 Å². The van der Waals surface area contributed by atoms with Crippen LogP contribution in [-0.4, -0.2) is 16.5 Å². The lowest BCUT2D eigenvalue weighted by Gasteiger charge is -1.97. The Morgan fingerprint density at radius 2 is 2.25 bits per heavy atom. The van der Waals surface area contributed by atoms with Crippen LogP contribution in [0.25, 0.3) is 0 Å². The fraction of sp³-hybridized carbons (Fsp3) is 0.625. The highest BCUT2D eigenvalue weighted by Crippen LogP contribution is 2.12. The molecule has 0 atom stereocenters. The molecule has 0 spiro atoms. The van der Waals surface area contributed by atoms with Gasteiger partial charge in [-0.3, -0.25) is 0 Å². The van der Waals surface area contributed by atoms with E-state index in [1.807, 2.05) is 0 Å². The summed E-state index contributed by atoms with van der Waals surface area (Å²) in [5.74, 6) is 0. The lowest BCUT2D eigenvalue weighted by molar-refractivity contribution is 0.848.